The summed E-state index contributed by atoms with van der Waals surface area (Å²) in [7, 11) is 0. The fourth-order valence-corrected chi connectivity index (χ4v) is 1.98. The summed E-state index contributed by atoms with van der Waals surface area (Å²) in [6, 6.07) is 18.4. The van der Waals surface area contributed by atoms with Crippen LogP contribution in [0.2, 0.25) is 0 Å². The number of nitrogens with zero attached hydrogens (tertiary/aromatic N) is 2. The number of hydrazone groups is 1. The maximum Gasteiger partial charge on any atom is 0.261 e. The smallest absolute Gasteiger partial charge is 0.261 e. The van der Waals surface area contributed by atoms with Gasteiger partial charge >= 0.3 is 0 Å². The van der Waals surface area contributed by atoms with Gasteiger partial charge in [0.25, 0.3) is 5.91 Å². The van der Waals surface area contributed by atoms with Crippen LogP contribution >= 0.6 is 15.9 Å². The Hall–Kier alpha value is -2.45. The predicted octanol–water partition coefficient (Wildman–Crippen LogP) is 3.21. The molecule has 0 spiro atoms. The summed E-state index contributed by atoms with van der Waals surface area (Å²) in [4.78, 5) is 12.0. The second-order valence-corrected chi connectivity index (χ2v) is 5.17. The lowest BCUT2D eigenvalue weighted by atomic mass is 10.0. The molecule has 0 unspecified atom stereocenters. The van der Waals surface area contributed by atoms with Crippen molar-refractivity contribution in [2.75, 3.05) is 0 Å². The topological polar surface area (TPSA) is 65.2 Å². The molecule has 0 fully saturated rings. The summed E-state index contributed by atoms with van der Waals surface area (Å²) in [5.41, 5.74) is 3.89. The molecule has 0 aliphatic carbocycles. The molecular formula is C16H12BrN3O. The van der Waals surface area contributed by atoms with Gasteiger partial charge in [-0.2, -0.15) is 10.4 Å². The highest BCUT2D eigenvalue weighted by molar-refractivity contribution is 9.10. The Morgan fingerprint density at radius 2 is 1.86 bits per heavy atom. The lowest BCUT2D eigenvalue weighted by Crippen LogP contribution is -2.24. The quantitative estimate of drug-likeness (QED) is 0.685. The maximum atomic E-state index is 12.0. The maximum absolute atomic E-state index is 12.0. The summed E-state index contributed by atoms with van der Waals surface area (Å²) in [5.74, 6) is -1.31. The molecule has 2 aromatic rings. The number of carbonyl (C=O) groups excluding carboxylic acids is 1. The molecule has 104 valence electrons. The molecule has 2 rings (SSSR count). The average molecular weight is 342 g/mol. The van der Waals surface area contributed by atoms with Crippen LogP contribution in [0.5, 0.6) is 0 Å². The molecule has 0 bridgehead atoms. The van der Waals surface area contributed by atoms with Gasteiger partial charge in [-0.25, -0.2) is 5.43 Å². The van der Waals surface area contributed by atoms with Crippen LogP contribution in [0.1, 0.15) is 17.0 Å². The monoisotopic (exact) mass is 341 g/mol. The first kappa shape index (κ1) is 14.9. The van der Waals surface area contributed by atoms with Gasteiger partial charge in [0.2, 0.25) is 0 Å². The van der Waals surface area contributed by atoms with E-state index < -0.39 is 11.8 Å². The zero-order valence-corrected chi connectivity index (χ0v) is 12.6. The largest absolute Gasteiger partial charge is 0.271 e. The number of hydrogen-bond donors (Lipinski definition) is 1. The normalized spacial score (nSPS) is 11.8. The molecule has 5 heteroatoms. The van der Waals surface area contributed by atoms with Crippen molar-refractivity contribution in [1.29, 1.82) is 5.26 Å². The summed E-state index contributed by atoms with van der Waals surface area (Å²) < 4.78 is 0.970. The Morgan fingerprint density at radius 1 is 1.19 bits per heavy atom. The molecule has 1 amide bonds. The van der Waals surface area contributed by atoms with Gasteiger partial charge in [0, 0.05) is 4.47 Å². The highest BCUT2D eigenvalue weighted by Gasteiger charge is 2.19. The van der Waals surface area contributed by atoms with E-state index >= 15 is 0 Å². The van der Waals surface area contributed by atoms with E-state index in [2.05, 4.69) is 26.5 Å². The first-order valence-corrected chi connectivity index (χ1v) is 7.03. The van der Waals surface area contributed by atoms with Crippen LogP contribution in [0.4, 0.5) is 0 Å². The number of halogens is 1. The summed E-state index contributed by atoms with van der Waals surface area (Å²) in [6.07, 6.45) is 1.53. The molecular weight excluding hydrogens is 330 g/mol. The van der Waals surface area contributed by atoms with Gasteiger partial charge in [-0.1, -0.05) is 58.4 Å². The van der Waals surface area contributed by atoms with Gasteiger partial charge in [0.1, 0.15) is 0 Å². The van der Waals surface area contributed by atoms with Gasteiger partial charge in [-0.15, -0.1) is 0 Å². The van der Waals surface area contributed by atoms with Crippen molar-refractivity contribution in [3.05, 3.63) is 70.2 Å². The van der Waals surface area contributed by atoms with Crippen molar-refractivity contribution in [3.63, 3.8) is 0 Å². The first-order chi connectivity index (χ1) is 10.2. The number of benzene rings is 2. The van der Waals surface area contributed by atoms with Gasteiger partial charge in [0.15, 0.2) is 5.92 Å². The Balaban J connectivity index is 2.01. The molecule has 0 aromatic heterocycles. The zero-order valence-electron chi connectivity index (χ0n) is 11.0. The van der Waals surface area contributed by atoms with Crippen molar-refractivity contribution < 1.29 is 4.79 Å². The van der Waals surface area contributed by atoms with Crippen molar-refractivity contribution in [3.8, 4) is 6.07 Å². The summed E-state index contributed by atoms with van der Waals surface area (Å²) in [5, 5.41) is 13.0. The highest BCUT2D eigenvalue weighted by Crippen LogP contribution is 2.14. The first-order valence-electron chi connectivity index (χ1n) is 6.24. The van der Waals surface area contributed by atoms with E-state index in [1.54, 1.807) is 24.3 Å². The van der Waals surface area contributed by atoms with E-state index in [1.165, 1.54) is 6.21 Å². The van der Waals surface area contributed by atoms with Gasteiger partial charge in [-0.05, 0) is 23.3 Å². The number of hydrogen-bond acceptors (Lipinski definition) is 3. The van der Waals surface area contributed by atoms with Crippen LogP contribution in [-0.4, -0.2) is 12.1 Å². The Labute approximate surface area is 131 Å². The third-order valence-corrected chi connectivity index (χ3v) is 3.31. The molecule has 2 aromatic carbocycles. The molecule has 0 heterocycles. The lowest BCUT2D eigenvalue weighted by molar-refractivity contribution is -0.121. The lowest BCUT2D eigenvalue weighted by Gasteiger charge is -2.06. The minimum Gasteiger partial charge on any atom is -0.271 e. The second kappa shape index (κ2) is 7.36. The molecule has 1 N–H and O–H groups in total. The zero-order chi connectivity index (χ0) is 15.1. The van der Waals surface area contributed by atoms with Crippen molar-refractivity contribution >= 4 is 28.1 Å². The summed E-state index contributed by atoms with van der Waals surface area (Å²) >= 11 is 3.34. The Kier molecular flexibility index (Phi) is 5.24. The molecule has 0 aliphatic rings. The Bertz CT molecular complexity index is 675. The fourth-order valence-electron chi connectivity index (χ4n) is 1.71. The molecule has 0 aliphatic heterocycles. The fraction of sp³-hybridized carbons (Fsp3) is 0.0625. The molecule has 0 saturated carbocycles. The third kappa shape index (κ3) is 4.26. The third-order valence-electron chi connectivity index (χ3n) is 2.78. The summed E-state index contributed by atoms with van der Waals surface area (Å²) in [6.45, 7) is 0. The standard InChI is InChI=1S/C16H12BrN3O/c17-14-8-6-12(7-9-14)11-19-20-16(21)15(10-18)13-4-2-1-3-5-13/h1-9,11,15H,(H,20,21)/b19-11-/t15-/m1/s1. The predicted molar refractivity (Wildman–Crippen MR) is 84.7 cm³/mol. The number of carbonyl (C=O) groups is 1. The van der Waals surface area contributed by atoms with Crippen LogP contribution in [0.25, 0.3) is 0 Å². The van der Waals surface area contributed by atoms with Crippen LogP contribution < -0.4 is 5.43 Å². The molecule has 4 nitrogen and oxygen atoms in total. The molecule has 21 heavy (non-hydrogen) atoms. The number of rotatable bonds is 4. The molecule has 0 saturated heterocycles. The van der Waals surface area contributed by atoms with Crippen molar-refractivity contribution in [2.45, 2.75) is 5.92 Å². The SMILES string of the molecule is N#C[C@@H](C(=O)N/N=C\c1ccc(Br)cc1)c1ccccc1. The minimum absolute atomic E-state index is 0.447. The van der Waals surface area contributed by atoms with E-state index in [0.29, 0.717) is 5.56 Å². The van der Waals surface area contributed by atoms with Gasteiger partial charge < -0.3 is 0 Å². The highest BCUT2D eigenvalue weighted by atomic mass is 79.9. The minimum atomic E-state index is -0.867. The van der Waals surface area contributed by atoms with E-state index in [0.717, 1.165) is 10.0 Å². The van der Waals surface area contributed by atoms with Gasteiger partial charge in [-0.3, -0.25) is 4.79 Å². The van der Waals surface area contributed by atoms with Crippen molar-refractivity contribution in [2.24, 2.45) is 5.10 Å². The van der Waals surface area contributed by atoms with Crippen molar-refractivity contribution in [1.82, 2.24) is 5.43 Å². The van der Waals surface area contributed by atoms with Crippen LogP contribution in [0, 0.1) is 11.3 Å². The van der Waals surface area contributed by atoms with Crippen LogP contribution in [-0.2, 0) is 4.79 Å². The Morgan fingerprint density at radius 3 is 2.48 bits per heavy atom. The van der Waals surface area contributed by atoms with E-state index in [-0.39, 0.29) is 0 Å². The van der Waals surface area contributed by atoms with E-state index in [4.69, 9.17) is 5.26 Å². The number of nitrogens with one attached hydrogen (secondary N) is 1. The second-order valence-electron chi connectivity index (χ2n) is 4.26. The number of nitriles is 1. The molecule has 0 radical (unpaired) electrons. The number of amides is 1. The van der Waals surface area contributed by atoms with Crippen LogP contribution in [0.3, 0.4) is 0 Å². The van der Waals surface area contributed by atoms with E-state index in [9.17, 15) is 4.79 Å². The molecule has 1 atom stereocenters. The van der Waals surface area contributed by atoms with Crippen LogP contribution in [0.15, 0.2) is 64.2 Å². The average Bonchev–Trinajstić information content (AvgIpc) is 2.51. The van der Waals surface area contributed by atoms with Gasteiger partial charge in [0.05, 0.1) is 12.3 Å². The van der Waals surface area contributed by atoms with E-state index in [1.807, 2.05) is 36.4 Å².